The van der Waals surface area contributed by atoms with Crippen LogP contribution in [0.1, 0.15) is 56.2 Å². The van der Waals surface area contributed by atoms with Gasteiger partial charge in [0.25, 0.3) is 0 Å². The van der Waals surface area contributed by atoms with Crippen molar-refractivity contribution in [1.82, 2.24) is 14.5 Å². The highest BCUT2D eigenvalue weighted by Crippen LogP contribution is 2.33. The van der Waals surface area contributed by atoms with Crippen LogP contribution in [0.3, 0.4) is 0 Å². The molecule has 1 aromatic rings. The molecule has 0 aromatic carbocycles. The number of rotatable bonds is 2. The number of amides is 1. The predicted octanol–water partition coefficient (Wildman–Crippen LogP) is 2.86. The van der Waals surface area contributed by atoms with Crippen LogP contribution in [-0.2, 0) is 0 Å². The van der Waals surface area contributed by atoms with Gasteiger partial charge >= 0.3 is 6.09 Å². The van der Waals surface area contributed by atoms with E-state index in [0.717, 1.165) is 12.8 Å². The zero-order valence-electron chi connectivity index (χ0n) is 11.2. The molecule has 19 heavy (non-hydrogen) atoms. The number of imidazole rings is 1. The molecule has 5 heteroatoms. The molecule has 1 atom stereocenters. The number of piperidine rings is 1. The van der Waals surface area contributed by atoms with E-state index in [0.29, 0.717) is 19.0 Å². The van der Waals surface area contributed by atoms with Crippen molar-refractivity contribution in [1.29, 1.82) is 0 Å². The fourth-order valence-corrected chi connectivity index (χ4v) is 3.36. The molecule has 2 fully saturated rings. The van der Waals surface area contributed by atoms with Crippen LogP contribution < -0.4 is 0 Å². The van der Waals surface area contributed by atoms with Gasteiger partial charge in [-0.3, -0.25) is 0 Å². The van der Waals surface area contributed by atoms with Gasteiger partial charge in [-0.1, -0.05) is 12.8 Å². The van der Waals surface area contributed by atoms with Gasteiger partial charge in [-0.15, -0.1) is 0 Å². The van der Waals surface area contributed by atoms with E-state index in [1.165, 1.54) is 36.3 Å². The fourth-order valence-electron chi connectivity index (χ4n) is 3.36. The van der Waals surface area contributed by atoms with E-state index in [1.807, 2.05) is 6.33 Å². The first-order valence-corrected chi connectivity index (χ1v) is 7.25. The molecule has 1 amide bonds. The van der Waals surface area contributed by atoms with Crippen LogP contribution in [0, 0.1) is 0 Å². The van der Waals surface area contributed by atoms with Crippen molar-refractivity contribution < 1.29 is 9.90 Å². The van der Waals surface area contributed by atoms with Crippen LogP contribution in [0.25, 0.3) is 0 Å². The van der Waals surface area contributed by atoms with Crippen molar-refractivity contribution in [3.8, 4) is 0 Å². The summed E-state index contributed by atoms with van der Waals surface area (Å²) >= 11 is 0. The molecular formula is C14H21N3O2. The van der Waals surface area contributed by atoms with Gasteiger partial charge in [-0.2, -0.15) is 0 Å². The minimum atomic E-state index is -0.805. The van der Waals surface area contributed by atoms with Crippen molar-refractivity contribution in [2.75, 3.05) is 13.1 Å². The van der Waals surface area contributed by atoms with E-state index in [-0.39, 0.29) is 6.04 Å². The third-order valence-corrected chi connectivity index (χ3v) is 4.48. The summed E-state index contributed by atoms with van der Waals surface area (Å²) < 4.78 is 2.13. The average molecular weight is 263 g/mol. The van der Waals surface area contributed by atoms with E-state index in [2.05, 4.69) is 15.7 Å². The zero-order valence-corrected chi connectivity index (χ0v) is 11.2. The average Bonchev–Trinajstić information content (AvgIpc) is 3.09. The lowest BCUT2D eigenvalue weighted by Crippen LogP contribution is -2.39. The van der Waals surface area contributed by atoms with E-state index >= 15 is 0 Å². The Balaban J connectivity index is 1.69. The summed E-state index contributed by atoms with van der Waals surface area (Å²) in [4.78, 5) is 17.1. The Morgan fingerprint density at radius 3 is 2.79 bits per heavy atom. The van der Waals surface area contributed by atoms with Gasteiger partial charge in [0, 0.05) is 25.2 Å². The van der Waals surface area contributed by atoms with E-state index in [4.69, 9.17) is 5.11 Å². The van der Waals surface area contributed by atoms with Gasteiger partial charge in [0.15, 0.2) is 0 Å². The van der Waals surface area contributed by atoms with Crippen molar-refractivity contribution in [3.63, 3.8) is 0 Å². The molecule has 0 radical (unpaired) electrons. The maximum absolute atomic E-state index is 11.0. The van der Waals surface area contributed by atoms with Gasteiger partial charge in [0.05, 0.1) is 18.1 Å². The molecule has 2 heterocycles. The Bertz CT molecular complexity index is 451. The normalized spacial score (nSPS) is 24.8. The molecule has 1 aliphatic heterocycles. The van der Waals surface area contributed by atoms with Crippen LogP contribution in [-0.4, -0.2) is 38.7 Å². The Labute approximate surface area is 113 Å². The smallest absolute Gasteiger partial charge is 0.407 e. The monoisotopic (exact) mass is 263 g/mol. The van der Waals surface area contributed by atoms with Gasteiger partial charge in [-0.25, -0.2) is 9.78 Å². The highest BCUT2D eigenvalue weighted by Gasteiger charge is 2.25. The molecule has 104 valence electrons. The summed E-state index contributed by atoms with van der Waals surface area (Å²) in [5.41, 5.74) is 1.20. The van der Waals surface area contributed by atoms with E-state index in [1.54, 1.807) is 0 Å². The lowest BCUT2D eigenvalue weighted by atomic mass is 10.0. The largest absolute Gasteiger partial charge is 0.465 e. The SMILES string of the molecule is O=C(O)N1CCCC(n2cnc(C3CCCC3)c2)C1. The topological polar surface area (TPSA) is 58.4 Å². The summed E-state index contributed by atoms with van der Waals surface area (Å²) in [7, 11) is 0. The molecule has 1 unspecified atom stereocenters. The van der Waals surface area contributed by atoms with E-state index in [9.17, 15) is 4.79 Å². The minimum absolute atomic E-state index is 0.257. The van der Waals surface area contributed by atoms with Gasteiger partial charge in [0.2, 0.25) is 0 Å². The second kappa shape index (κ2) is 5.23. The Hall–Kier alpha value is -1.52. The lowest BCUT2D eigenvalue weighted by molar-refractivity contribution is 0.121. The number of hydrogen-bond acceptors (Lipinski definition) is 2. The maximum atomic E-state index is 11.0. The highest BCUT2D eigenvalue weighted by atomic mass is 16.4. The Morgan fingerprint density at radius 2 is 2.05 bits per heavy atom. The number of aromatic nitrogens is 2. The van der Waals surface area contributed by atoms with E-state index < -0.39 is 6.09 Å². The number of nitrogens with zero attached hydrogens (tertiary/aromatic N) is 3. The molecule has 2 aliphatic rings. The molecule has 1 saturated heterocycles. The molecule has 0 bridgehead atoms. The lowest BCUT2D eigenvalue weighted by Gasteiger charge is -2.31. The summed E-state index contributed by atoms with van der Waals surface area (Å²) in [5, 5.41) is 9.08. The number of likely N-dealkylation sites (tertiary alicyclic amines) is 1. The molecule has 5 nitrogen and oxygen atoms in total. The first-order valence-electron chi connectivity index (χ1n) is 7.25. The van der Waals surface area contributed by atoms with Crippen LogP contribution in [0.4, 0.5) is 4.79 Å². The van der Waals surface area contributed by atoms with Crippen LogP contribution in [0.2, 0.25) is 0 Å². The molecule has 1 saturated carbocycles. The number of hydrogen-bond donors (Lipinski definition) is 1. The first kappa shape index (κ1) is 12.5. The minimum Gasteiger partial charge on any atom is -0.465 e. The molecule has 3 rings (SSSR count). The maximum Gasteiger partial charge on any atom is 0.407 e. The van der Waals surface area contributed by atoms with Gasteiger partial charge in [-0.05, 0) is 25.7 Å². The highest BCUT2D eigenvalue weighted by molar-refractivity contribution is 5.65. The third kappa shape index (κ3) is 2.60. The quantitative estimate of drug-likeness (QED) is 0.892. The summed E-state index contributed by atoms with van der Waals surface area (Å²) in [6, 6.07) is 0.257. The van der Waals surface area contributed by atoms with Crippen molar-refractivity contribution in [2.45, 2.75) is 50.5 Å². The fraction of sp³-hybridized carbons (Fsp3) is 0.714. The molecular weight excluding hydrogens is 242 g/mol. The third-order valence-electron chi connectivity index (χ3n) is 4.48. The molecule has 1 N–H and O–H groups in total. The van der Waals surface area contributed by atoms with Crippen molar-refractivity contribution >= 4 is 6.09 Å². The Morgan fingerprint density at radius 1 is 1.26 bits per heavy atom. The zero-order chi connectivity index (χ0) is 13.2. The molecule has 1 aromatic heterocycles. The summed E-state index contributed by atoms with van der Waals surface area (Å²) in [6.07, 6.45) is 10.3. The Kier molecular flexibility index (Phi) is 3.44. The number of carbonyl (C=O) groups is 1. The molecule has 1 aliphatic carbocycles. The van der Waals surface area contributed by atoms with Gasteiger partial charge < -0.3 is 14.6 Å². The molecule has 0 spiro atoms. The summed E-state index contributed by atoms with van der Waals surface area (Å²) in [5.74, 6) is 0.625. The summed E-state index contributed by atoms with van der Waals surface area (Å²) in [6.45, 7) is 1.26. The van der Waals surface area contributed by atoms with Crippen molar-refractivity contribution in [3.05, 3.63) is 18.2 Å². The second-order valence-corrected chi connectivity index (χ2v) is 5.75. The first-order chi connectivity index (χ1) is 9.24. The van der Waals surface area contributed by atoms with Gasteiger partial charge in [0.1, 0.15) is 0 Å². The standard InChI is InChI=1S/C14H21N3O2/c18-14(19)16-7-3-6-12(8-16)17-9-13(15-10-17)11-4-1-2-5-11/h9-12H,1-8H2,(H,18,19). The predicted molar refractivity (Wildman–Crippen MR) is 71.3 cm³/mol. The second-order valence-electron chi connectivity index (χ2n) is 5.75. The van der Waals surface area contributed by atoms with Crippen molar-refractivity contribution in [2.24, 2.45) is 0 Å². The van der Waals surface area contributed by atoms with Crippen LogP contribution >= 0.6 is 0 Å². The van der Waals surface area contributed by atoms with Crippen LogP contribution in [0.15, 0.2) is 12.5 Å². The number of carboxylic acid groups (broad SMARTS) is 1. The van der Waals surface area contributed by atoms with Crippen LogP contribution in [0.5, 0.6) is 0 Å².